The van der Waals surface area contributed by atoms with Crippen LogP contribution in [0.1, 0.15) is 28.5 Å². The van der Waals surface area contributed by atoms with Crippen molar-refractivity contribution in [1.29, 1.82) is 0 Å². The Morgan fingerprint density at radius 3 is 2.83 bits per heavy atom. The van der Waals surface area contributed by atoms with Crippen LogP contribution < -0.4 is 20.1 Å². The van der Waals surface area contributed by atoms with Gasteiger partial charge in [0.2, 0.25) is 0 Å². The number of para-hydroxylation sites is 1. The van der Waals surface area contributed by atoms with Gasteiger partial charge in [-0.05, 0) is 29.8 Å². The first kappa shape index (κ1) is 14.2. The molecule has 0 saturated heterocycles. The number of fused-ring (bicyclic) bond motifs is 2. The molecule has 0 aromatic heterocycles. The number of carbonyl (C=O) groups is 1. The first-order valence-electron chi connectivity index (χ1n) is 7.48. The molecule has 2 heterocycles. The number of carbonyl (C=O) groups excluding carboxylic acids is 1. The summed E-state index contributed by atoms with van der Waals surface area (Å²) in [6.45, 7) is 1.16. The number of amides is 1. The lowest BCUT2D eigenvalue weighted by molar-refractivity contribution is 0.0935. The molecule has 1 atom stereocenters. The van der Waals surface area contributed by atoms with E-state index in [1.807, 2.05) is 24.3 Å². The molecule has 2 aromatic carbocycles. The summed E-state index contributed by atoms with van der Waals surface area (Å²) in [6.07, 6.45) is 0.443. The Hall–Kier alpha value is -2.40. The molecule has 2 N–H and O–H groups in total. The maximum atomic E-state index is 12.3. The summed E-state index contributed by atoms with van der Waals surface area (Å²) in [5.74, 6) is 1.06. The van der Waals surface area contributed by atoms with Crippen molar-refractivity contribution in [2.75, 3.05) is 18.5 Å². The van der Waals surface area contributed by atoms with Crippen LogP contribution >= 0.6 is 11.6 Å². The fraction of sp³-hybridized carbons (Fsp3) is 0.235. The molecule has 0 radical (unpaired) electrons. The highest BCUT2D eigenvalue weighted by atomic mass is 35.5. The fourth-order valence-corrected chi connectivity index (χ4v) is 3.07. The van der Waals surface area contributed by atoms with E-state index in [1.165, 1.54) is 0 Å². The molecule has 0 spiro atoms. The smallest absolute Gasteiger partial charge is 0.255 e. The fourth-order valence-electron chi connectivity index (χ4n) is 2.79. The lowest BCUT2D eigenvalue weighted by Crippen LogP contribution is -2.38. The van der Waals surface area contributed by atoms with Crippen molar-refractivity contribution in [2.24, 2.45) is 0 Å². The van der Waals surface area contributed by atoms with Crippen LogP contribution in [0.5, 0.6) is 11.5 Å². The summed E-state index contributed by atoms with van der Waals surface area (Å²) in [5, 5.41) is 6.72. The molecule has 0 bridgehead atoms. The predicted octanol–water partition coefficient (Wildman–Crippen LogP) is 3.36. The Morgan fingerprint density at radius 1 is 1.09 bits per heavy atom. The zero-order chi connectivity index (χ0) is 15.8. The number of nitrogens with one attached hydrogen (secondary N) is 2. The van der Waals surface area contributed by atoms with Crippen LogP contribution in [0.15, 0.2) is 36.4 Å². The van der Waals surface area contributed by atoms with Gasteiger partial charge in [0.15, 0.2) is 11.5 Å². The van der Waals surface area contributed by atoms with E-state index in [0.29, 0.717) is 35.3 Å². The van der Waals surface area contributed by atoms with Crippen LogP contribution in [0.3, 0.4) is 0 Å². The monoisotopic (exact) mass is 330 g/mol. The van der Waals surface area contributed by atoms with Crippen molar-refractivity contribution in [2.45, 2.75) is 12.6 Å². The van der Waals surface area contributed by atoms with Crippen molar-refractivity contribution < 1.29 is 14.3 Å². The van der Waals surface area contributed by atoms with E-state index in [0.717, 1.165) is 17.7 Å². The van der Waals surface area contributed by atoms with E-state index >= 15 is 0 Å². The second-order valence-corrected chi connectivity index (χ2v) is 5.88. The Bertz CT molecular complexity index is 778. The van der Waals surface area contributed by atoms with E-state index in [2.05, 4.69) is 10.6 Å². The number of rotatable bonds is 1. The molecule has 118 valence electrons. The van der Waals surface area contributed by atoms with Crippen LogP contribution in [0.25, 0.3) is 0 Å². The number of benzene rings is 2. The maximum absolute atomic E-state index is 12.3. The first-order chi connectivity index (χ1) is 11.2. The molecule has 0 saturated carbocycles. The molecular formula is C17H15ClN2O3. The summed E-state index contributed by atoms with van der Waals surface area (Å²) in [6, 6.07) is 11.0. The average molecular weight is 331 g/mol. The molecule has 4 rings (SSSR count). The van der Waals surface area contributed by atoms with E-state index in [1.54, 1.807) is 12.1 Å². The van der Waals surface area contributed by atoms with Gasteiger partial charge >= 0.3 is 0 Å². The number of ether oxygens (including phenoxy) is 2. The van der Waals surface area contributed by atoms with Gasteiger partial charge in [-0.1, -0.05) is 23.7 Å². The molecule has 5 nitrogen and oxygen atoms in total. The quantitative estimate of drug-likeness (QED) is 0.841. The number of anilines is 1. The van der Waals surface area contributed by atoms with Gasteiger partial charge in [0.25, 0.3) is 5.91 Å². The summed E-state index contributed by atoms with van der Waals surface area (Å²) < 4.78 is 11.3. The van der Waals surface area contributed by atoms with Gasteiger partial charge in [0.05, 0.1) is 23.8 Å². The third-order valence-electron chi connectivity index (χ3n) is 3.90. The molecule has 0 unspecified atom stereocenters. The van der Waals surface area contributed by atoms with Crippen molar-refractivity contribution in [1.82, 2.24) is 5.32 Å². The summed E-state index contributed by atoms with van der Waals surface area (Å²) in [7, 11) is 0. The minimum atomic E-state index is -0.368. The number of halogens is 1. The van der Waals surface area contributed by atoms with Crippen LogP contribution in [0.4, 0.5) is 5.69 Å². The SMILES string of the molecule is O=C1N[C@@H](c2cc(Cl)c3c(c2)OCCCO3)Nc2ccccc21. The second kappa shape index (κ2) is 5.66. The molecule has 2 aliphatic heterocycles. The molecule has 0 fully saturated rings. The Labute approximate surface area is 138 Å². The van der Waals surface area contributed by atoms with Gasteiger partial charge in [-0.15, -0.1) is 0 Å². The first-order valence-corrected chi connectivity index (χ1v) is 7.85. The third-order valence-corrected chi connectivity index (χ3v) is 4.19. The van der Waals surface area contributed by atoms with Gasteiger partial charge in [-0.2, -0.15) is 0 Å². The highest BCUT2D eigenvalue weighted by Crippen LogP contribution is 2.40. The highest BCUT2D eigenvalue weighted by Gasteiger charge is 2.26. The largest absolute Gasteiger partial charge is 0.489 e. The van der Waals surface area contributed by atoms with Gasteiger partial charge in [-0.25, -0.2) is 0 Å². The summed E-state index contributed by atoms with van der Waals surface area (Å²) in [4.78, 5) is 12.3. The van der Waals surface area contributed by atoms with E-state index in [4.69, 9.17) is 21.1 Å². The molecule has 0 aliphatic carbocycles. The molecule has 2 aliphatic rings. The minimum Gasteiger partial charge on any atom is -0.489 e. The zero-order valence-corrected chi connectivity index (χ0v) is 13.0. The van der Waals surface area contributed by atoms with Gasteiger partial charge in [-0.3, -0.25) is 4.79 Å². The van der Waals surface area contributed by atoms with Crippen LogP contribution in [0.2, 0.25) is 5.02 Å². The molecular weight excluding hydrogens is 316 g/mol. The van der Waals surface area contributed by atoms with Crippen molar-refractivity contribution in [3.8, 4) is 11.5 Å². The Balaban J connectivity index is 1.71. The van der Waals surface area contributed by atoms with Gasteiger partial charge < -0.3 is 20.1 Å². The van der Waals surface area contributed by atoms with E-state index < -0.39 is 0 Å². The van der Waals surface area contributed by atoms with Gasteiger partial charge in [0.1, 0.15) is 6.17 Å². The summed E-state index contributed by atoms with van der Waals surface area (Å²) >= 11 is 6.33. The second-order valence-electron chi connectivity index (χ2n) is 5.48. The van der Waals surface area contributed by atoms with Gasteiger partial charge in [0, 0.05) is 12.1 Å². The van der Waals surface area contributed by atoms with E-state index in [-0.39, 0.29) is 12.1 Å². The lowest BCUT2D eigenvalue weighted by Gasteiger charge is -2.28. The molecule has 2 aromatic rings. The maximum Gasteiger partial charge on any atom is 0.255 e. The van der Waals surface area contributed by atoms with E-state index in [9.17, 15) is 4.79 Å². The lowest BCUT2D eigenvalue weighted by atomic mass is 10.1. The topological polar surface area (TPSA) is 59.6 Å². The van der Waals surface area contributed by atoms with Crippen LogP contribution in [0, 0.1) is 0 Å². The number of hydrogen-bond donors (Lipinski definition) is 2. The standard InChI is InChI=1S/C17H15ClN2O3/c18-12-8-10(9-14-15(12)23-7-3-6-22-14)16-19-13-5-2-1-4-11(13)17(21)20-16/h1-2,4-5,8-9,16,19H,3,6-7H2,(H,20,21)/t16-/m0/s1. The van der Waals surface area contributed by atoms with Crippen molar-refractivity contribution in [3.63, 3.8) is 0 Å². The average Bonchev–Trinajstić information content (AvgIpc) is 2.80. The minimum absolute atomic E-state index is 0.118. The van der Waals surface area contributed by atoms with Crippen molar-refractivity contribution in [3.05, 3.63) is 52.5 Å². The highest BCUT2D eigenvalue weighted by molar-refractivity contribution is 6.32. The molecule has 6 heteroatoms. The molecule has 23 heavy (non-hydrogen) atoms. The zero-order valence-electron chi connectivity index (χ0n) is 12.3. The number of hydrogen-bond acceptors (Lipinski definition) is 4. The van der Waals surface area contributed by atoms with Crippen LogP contribution in [-0.4, -0.2) is 19.1 Å². The third kappa shape index (κ3) is 2.57. The Kier molecular flexibility index (Phi) is 3.50. The predicted molar refractivity (Wildman–Crippen MR) is 87.3 cm³/mol. The Morgan fingerprint density at radius 2 is 1.91 bits per heavy atom. The van der Waals surface area contributed by atoms with Crippen molar-refractivity contribution >= 4 is 23.2 Å². The summed E-state index contributed by atoms with van der Waals surface area (Å²) in [5.41, 5.74) is 2.25. The normalized spacial score (nSPS) is 19.2. The molecule has 1 amide bonds. The van der Waals surface area contributed by atoms with Crippen LogP contribution in [-0.2, 0) is 0 Å².